The first kappa shape index (κ1) is 26.5. The summed E-state index contributed by atoms with van der Waals surface area (Å²) < 4.78 is 33.8. The summed E-state index contributed by atoms with van der Waals surface area (Å²) in [6, 6.07) is 10.2. The number of ether oxygens (including phenoxy) is 6. The molecule has 0 aromatic heterocycles. The topological polar surface area (TPSA) is 140 Å². The lowest BCUT2D eigenvalue weighted by atomic mass is 9.99. The van der Waals surface area contributed by atoms with Crippen molar-refractivity contribution in [1.29, 1.82) is 0 Å². The molecule has 0 radical (unpaired) electrons. The summed E-state index contributed by atoms with van der Waals surface area (Å²) in [6.45, 7) is 1.45. The van der Waals surface area contributed by atoms with Gasteiger partial charge < -0.3 is 48.8 Å². The summed E-state index contributed by atoms with van der Waals surface area (Å²) in [5, 5.41) is 40.3. The molecule has 0 bridgehead atoms. The van der Waals surface area contributed by atoms with Crippen molar-refractivity contribution in [2.75, 3.05) is 27.4 Å². The molecule has 198 valence electrons. The van der Waals surface area contributed by atoms with Gasteiger partial charge in [0.2, 0.25) is 6.29 Å². The Kier molecular flexibility index (Phi) is 8.55. The minimum atomic E-state index is -1.19. The van der Waals surface area contributed by atoms with Crippen molar-refractivity contribution >= 4 is 0 Å². The number of aliphatic hydroxyl groups is 4. The third kappa shape index (κ3) is 5.69. The zero-order valence-electron chi connectivity index (χ0n) is 20.6. The zero-order valence-corrected chi connectivity index (χ0v) is 20.6. The monoisotopic (exact) mass is 506 g/mol. The molecule has 0 aliphatic carbocycles. The van der Waals surface area contributed by atoms with Crippen molar-refractivity contribution in [3.8, 4) is 23.0 Å². The van der Waals surface area contributed by atoms with Crippen LogP contribution in [0.4, 0.5) is 0 Å². The van der Waals surface area contributed by atoms with Gasteiger partial charge in [-0.05, 0) is 48.2 Å². The molecule has 0 saturated carbocycles. The van der Waals surface area contributed by atoms with Gasteiger partial charge in [0, 0.05) is 12.5 Å². The number of fused-ring (bicyclic) bond motifs is 1. The average molecular weight is 507 g/mol. The van der Waals surface area contributed by atoms with E-state index in [-0.39, 0.29) is 18.6 Å². The molecule has 2 heterocycles. The lowest BCUT2D eigenvalue weighted by Gasteiger charge is -2.31. The Balaban J connectivity index is 1.47. The van der Waals surface area contributed by atoms with Gasteiger partial charge in [-0.2, -0.15) is 0 Å². The van der Waals surface area contributed by atoms with Crippen LogP contribution in [0.1, 0.15) is 30.6 Å². The molecule has 7 atom stereocenters. The minimum absolute atomic E-state index is 0.0939. The molecule has 2 aliphatic heterocycles. The van der Waals surface area contributed by atoms with Gasteiger partial charge in [0.25, 0.3) is 0 Å². The summed E-state index contributed by atoms with van der Waals surface area (Å²) in [5.74, 6) is 1.23. The minimum Gasteiger partial charge on any atom is -0.493 e. The van der Waals surface area contributed by atoms with E-state index in [2.05, 4.69) is 0 Å². The molecular weight excluding hydrogens is 472 g/mol. The number of aryl methyl sites for hydroxylation is 1. The number of aliphatic hydroxyl groups excluding tert-OH is 4. The highest BCUT2D eigenvalue weighted by atomic mass is 16.8. The average Bonchev–Trinajstić information content (AvgIpc) is 3.68. The Bertz CT molecular complexity index is 1010. The van der Waals surface area contributed by atoms with Crippen LogP contribution < -0.4 is 18.9 Å². The summed E-state index contributed by atoms with van der Waals surface area (Å²) in [5.41, 5.74) is 1.42. The molecule has 2 aliphatic rings. The van der Waals surface area contributed by atoms with E-state index in [1.165, 1.54) is 14.2 Å². The Morgan fingerprint density at radius 2 is 1.67 bits per heavy atom. The highest BCUT2D eigenvalue weighted by Gasteiger charge is 2.56. The number of hydrogen-bond acceptors (Lipinski definition) is 10. The Morgan fingerprint density at radius 3 is 2.36 bits per heavy atom. The van der Waals surface area contributed by atoms with Crippen LogP contribution in [0.15, 0.2) is 36.4 Å². The van der Waals surface area contributed by atoms with E-state index in [0.717, 1.165) is 5.56 Å². The van der Waals surface area contributed by atoms with Gasteiger partial charge in [0.05, 0.1) is 26.9 Å². The molecule has 2 saturated heterocycles. The zero-order chi connectivity index (χ0) is 25.8. The molecule has 7 unspecified atom stereocenters. The van der Waals surface area contributed by atoms with E-state index in [4.69, 9.17) is 33.5 Å². The molecule has 10 heteroatoms. The van der Waals surface area contributed by atoms with E-state index in [0.29, 0.717) is 41.4 Å². The van der Waals surface area contributed by atoms with Crippen molar-refractivity contribution in [3.63, 3.8) is 0 Å². The second kappa shape index (κ2) is 11.6. The van der Waals surface area contributed by atoms with Crippen LogP contribution in [0.3, 0.4) is 0 Å². The largest absolute Gasteiger partial charge is 0.493 e. The van der Waals surface area contributed by atoms with Gasteiger partial charge in [-0.15, -0.1) is 0 Å². The van der Waals surface area contributed by atoms with Crippen molar-refractivity contribution in [3.05, 3.63) is 47.5 Å². The van der Waals surface area contributed by atoms with E-state index >= 15 is 0 Å². The maximum absolute atomic E-state index is 11.0. The lowest BCUT2D eigenvalue weighted by molar-refractivity contribution is -0.176. The third-order valence-corrected chi connectivity index (χ3v) is 6.49. The van der Waals surface area contributed by atoms with E-state index in [1.54, 1.807) is 30.3 Å². The van der Waals surface area contributed by atoms with Gasteiger partial charge in [0.15, 0.2) is 35.4 Å². The predicted octanol–water partition coefficient (Wildman–Crippen LogP) is 1.56. The van der Waals surface area contributed by atoms with E-state index in [9.17, 15) is 15.3 Å². The SMILES string of the molecule is COc1cc(CCCO)ccc1OC(CO)C(O)c1ccc(OC2OC3OC3C(O)C2C)c(OC)c1. The fraction of sp³-hybridized carbons (Fsp3) is 0.538. The molecule has 10 nitrogen and oxygen atoms in total. The second-order valence-corrected chi connectivity index (χ2v) is 8.95. The van der Waals surface area contributed by atoms with Crippen molar-refractivity contribution in [2.24, 2.45) is 5.92 Å². The fourth-order valence-corrected chi connectivity index (χ4v) is 4.23. The number of epoxide rings is 1. The van der Waals surface area contributed by atoms with Gasteiger partial charge in [0.1, 0.15) is 12.2 Å². The van der Waals surface area contributed by atoms with Crippen LogP contribution in [-0.2, 0) is 15.9 Å². The Labute approximate surface area is 209 Å². The third-order valence-electron chi connectivity index (χ3n) is 6.49. The highest BCUT2D eigenvalue weighted by Crippen LogP contribution is 2.41. The number of rotatable bonds is 12. The van der Waals surface area contributed by atoms with Gasteiger partial charge in [-0.1, -0.05) is 19.1 Å². The smallest absolute Gasteiger partial charge is 0.207 e. The normalized spacial score (nSPS) is 26.5. The molecule has 36 heavy (non-hydrogen) atoms. The number of methoxy groups -OCH3 is 2. The highest BCUT2D eigenvalue weighted by molar-refractivity contribution is 5.45. The van der Waals surface area contributed by atoms with Crippen LogP contribution in [0.2, 0.25) is 0 Å². The quantitative estimate of drug-likeness (QED) is 0.314. The number of benzene rings is 2. The van der Waals surface area contributed by atoms with Crippen molar-refractivity contribution in [1.82, 2.24) is 0 Å². The van der Waals surface area contributed by atoms with Crippen LogP contribution in [-0.4, -0.2) is 78.8 Å². The van der Waals surface area contributed by atoms with E-state index in [1.807, 2.05) is 13.0 Å². The number of hydrogen-bond donors (Lipinski definition) is 4. The first-order valence-corrected chi connectivity index (χ1v) is 12.0. The summed E-state index contributed by atoms with van der Waals surface area (Å²) in [6.07, 6.45) is -3.07. The standard InChI is InChI=1S/C26H34O10/c1-14-22(29)24-26(35-24)36-25(14)34-18-9-7-16(12-20(18)32-3)23(30)21(13-28)33-17-8-6-15(5-4-10-27)11-19(17)31-2/h6-9,11-12,14,21-30H,4-5,10,13H2,1-3H3. The maximum atomic E-state index is 11.0. The Morgan fingerprint density at radius 1 is 0.944 bits per heavy atom. The first-order valence-electron chi connectivity index (χ1n) is 12.0. The van der Waals surface area contributed by atoms with Crippen molar-refractivity contribution in [2.45, 2.75) is 56.8 Å². The molecule has 2 aromatic carbocycles. The molecule has 4 N–H and O–H groups in total. The summed E-state index contributed by atoms with van der Waals surface area (Å²) >= 11 is 0. The van der Waals surface area contributed by atoms with Gasteiger partial charge in [-0.25, -0.2) is 0 Å². The van der Waals surface area contributed by atoms with Crippen molar-refractivity contribution < 1.29 is 48.8 Å². The van der Waals surface area contributed by atoms with Gasteiger partial charge >= 0.3 is 0 Å². The molecule has 2 aromatic rings. The maximum Gasteiger partial charge on any atom is 0.207 e. The first-order chi connectivity index (χ1) is 17.4. The van der Waals surface area contributed by atoms with Crippen LogP contribution in [0, 0.1) is 5.92 Å². The molecule has 0 spiro atoms. The second-order valence-electron chi connectivity index (χ2n) is 8.95. The molecule has 0 amide bonds. The van der Waals surface area contributed by atoms with E-state index < -0.39 is 37.5 Å². The van der Waals surface area contributed by atoms with Crippen LogP contribution in [0.25, 0.3) is 0 Å². The molecular formula is C26H34O10. The van der Waals surface area contributed by atoms with Gasteiger partial charge in [-0.3, -0.25) is 0 Å². The van der Waals surface area contributed by atoms with Crippen LogP contribution >= 0.6 is 0 Å². The lowest BCUT2D eigenvalue weighted by Crippen LogP contribution is -2.44. The fourth-order valence-electron chi connectivity index (χ4n) is 4.23. The summed E-state index contributed by atoms with van der Waals surface area (Å²) in [7, 11) is 2.99. The predicted molar refractivity (Wildman–Crippen MR) is 127 cm³/mol. The molecule has 4 rings (SSSR count). The summed E-state index contributed by atoms with van der Waals surface area (Å²) in [4.78, 5) is 0. The molecule has 2 fully saturated rings. The Hall–Kier alpha value is -2.60. The van der Waals surface area contributed by atoms with Crippen LogP contribution in [0.5, 0.6) is 23.0 Å².